The number of likely N-dealkylation sites (tertiary alicyclic amines) is 1. The lowest BCUT2D eigenvalue weighted by Gasteiger charge is -2.37. The number of amides is 2. The topological polar surface area (TPSA) is 63.1 Å². The van der Waals surface area contributed by atoms with Gasteiger partial charge in [-0.15, -0.1) is 0 Å². The molecular weight excluding hydrogens is 354 g/mol. The van der Waals surface area contributed by atoms with Gasteiger partial charge in [-0.05, 0) is 51.2 Å². The molecule has 1 aromatic carbocycles. The Kier molecular flexibility index (Phi) is 6.60. The molecule has 2 N–H and O–H groups in total. The van der Waals surface area contributed by atoms with E-state index in [2.05, 4.69) is 5.32 Å². The second-order valence-electron chi connectivity index (χ2n) is 8.95. The Hall–Kier alpha value is -2.08. The number of nitrogens with zero attached hydrogens (tertiary/aromatic N) is 1. The zero-order chi connectivity index (χ0) is 20.1. The summed E-state index contributed by atoms with van der Waals surface area (Å²) in [6, 6.07) is 7.48. The van der Waals surface area contributed by atoms with Gasteiger partial charge in [0.25, 0.3) is 0 Å². The van der Waals surface area contributed by atoms with Crippen LogP contribution in [0.25, 0.3) is 0 Å². The molecule has 0 unspecified atom stereocenters. The minimum atomic E-state index is -0.591. The summed E-state index contributed by atoms with van der Waals surface area (Å²) in [6.07, 6.45) is 3.97. The van der Waals surface area contributed by atoms with E-state index >= 15 is 0 Å². The summed E-state index contributed by atoms with van der Waals surface area (Å²) in [5.41, 5.74) is 1.62. The van der Waals surface area contributed by atoms with E-state index in [0.717, 1.165) is 17.7 Å². The molecule has 1 atom stereocenters. The van der Waals surface area contributed by atoms with E-state index in [0.29, 0.717) is 19.5 Å². The number of ether oxygens (including phenoxy) is 1. The van der Waals surface area contributed by atoms with Crippen LogP contribution in [0.15, 0.2) is 24.3 Å². The first-order chi connectivity index (χ1) is 13.3. The van der Waals surface area contributed by atoms with Gasteiger partial charge < -0.3 is 15.0 Å². The molecule has 28 heavy (non-hydrogen) atoms. The molecule has 2 heterocycles. The number of piperidine rings is 1. The number of fused-ring (bicyclic) bond motifs is 1. The lowest BCUT2D eigenvalue weighted by molar-refractivity contribution is -0.903. The molecule has 0 radical (unpaired) electrons. The summed E-state index contributed by atoms with van der Waals surface area (Å²) >= 11 is 0. The van der Waals surface area contributed by atoms with E-state index in [1.165, 1.54) is 32.4 Å². The van der Waals surface area contributed by atoms with Gasteiger partial charge in [0.2, 0.25) is 5.91 Å². The van der Waals surface area contributed by atoms with Gasteiger partial charge >= 0.3 is 6.09 Å². The van der Waals surface area contributed by atoms with Crippen molar-refractivity contribution in [2.75, 3.05) is 26.2 Å². The molecule has 3 rings (SSSR count). The Bertz CT molecular complexity index is 693. The molecule has 154 valence electrons. The van der Waals surface area contributed by atoms with Crippen LogP contribution in [-0.2, 0) is 22.5 Å². The van der Waals surface area contributed by atoms with Crippen LogP contribution in [0.1, 0.15) is 51.2 Å². The number of nitrogens with one attached hydrogen (secondary N) is 2. The van der Waals surface area contributed by atoms with E-state index in [1.54, 1.807) is 9.80 Å². The molecule has 2 amide bonds. The van der Waals surface area contributed by atoms with Crippen molar-refractivity contribution in [3.8, 4) is 0 Å². The first-order valence-corrected chi connectivity index (χ1v) is 10.5. The van der Waals surface area contributed by atoms with Crippen molar-refractivity contribution >= 4 is 12.0 Å². The number of hydrogen-bond donors (Lipinski definition) is 2. The molecule has 6 nitrogen and oxygen atoms in total. The van der Waals surface area contributed by atoms with Crippen LogP contribution < -0.4 is 10.2 Å². The van der Waals surface area contributed by atoms with Crippen LogP contribution in [-0.4, -0.2) is 54.7 Å². The molecule has 0 spiro atoms. The standard InChI is InChI=1S/C22H33N3O3/c1-22(2,3)28-21(27)25-16-18-10-6-5-9-17(18)15-19(25)20(26)23-11-14-24-12-7-4-8-13-24/h5-6,9-10,19H,4,7-8,11-16H2,1-3H3,(H,23,26)/p+1/t19-/m0/s1. The average Bonchev–Trinajstić information content (AvgIpc) is 2.66. The van der Waals surface area contributed by atoms with E-state index in [4.69, 9.17) is 4.74 Å². The lowest BCUT2D eigenvalue weighted by atomic mass is 9.94. The van der Waals surface area contributed by atoms with Gasteiger partial charge in [0, 0.05) is 6.42 Å². The fourth-order valence-electron chi connectivity index (χ4n) is 4.05. The van der Waals surface area contributed by atoms with Gasteiger partial charge in [0.1, 0.15) is 11.6 Å². The monoisotopic (exact) mass is 388 g/mol. The zero-order valence-electron chi connectivity index (χ0n) is 17.4. The molecule has 1 saturated heterocycles. The molecule has 0 aliphatic carbocycles. The van der Waals surface area contributed by atoms with Crippen LogP contribution in [0.5, 0.6) is 0 Å². The molecule has 2 aliphatic heterocycles. The quantitative estimate of drug-likeness (QED) is 0.822. The average molecular weight is 389 g/mol. The van der Waals surface area contributed by atoms with Crippen molar-refractivity contribution < 1.29 is 19.2 Å². The predicted octanol–water partition coefficient (Wildman–Crippen LogP) is 1.53. The van der Waals surface area contributed by atoms with Crippen molar-refractivity contribution in [2.24, 2.45) is 0 Å². The van der Waals surface area contributed by atoms with Crippen molar-refractivity contribution in [3.05, 3.63) is 35.4 Å². The second-order valence-corrected chi connectivity index (χ2v) is 8.95. The van der Waals surface area contributed by atoms with E-state index in [-0.39, 0.29) is 5.91 Å². The Morgan fingerprint density at radius 1 is 1.14 bits per heavy atom. The first kappa shape index (κ1) is 20.6. The number of carbonyl (C=O) groups is 2. The highest BCUT2D eigenvalue weighted by Crippen LogP contribution is 2.25. The summed E-state index contributed by atoms with van der Waals surface area (Å²) in [5.74, 6) is -0.0863. The van der Waals surface area contributed by atoms with Crippen molar-refractivity contribution in [3.63, 3.8) is 0 Å². The van der Waals surface area contributed by atoms with Gasteiger partial charge in [0.15, 0.2) is 0 Å². The summed E-state index contributed by atoms with van der Waals surface area (Å²) in [7, 11) is 0. The number of carbonyl (C=O) groups excluding carboxylic acids is 2. The van der Waals surface area contributed by atoms with Crippen LogP contribution in [0, 0.1) is 0 Å². The first-order valence-electron chi connectivity index (χ1n) is 10.5. The smallest absolute Gasteiger partial charge is 0.411 e. The molecule has 0 saturated carbocycles. The molecular formula is C22H34N3O3+. The maximum Gasteiger partial charge on any atom is 0.411 e. The molecule has 1 aromatic rings. The molecule has 6 heteroatoms. The van der Waals surface area contributed by atoms with Crippen LogP contribution in [0.3, 0.4) is 0 Å². The SMILES string of the molecule is CC(C)(C)OC(=O)N1Cc2ccccc2C[C@H]1C(=O)NCC[NH+]1CCCCC1. The zero-order valence-corrected chi connectivity index (χ0v) is 17.4. The van der Waals surface area contributed by atoms with E-state index < -0.39 is 17.7 Å². The normalized spacial score (nSPS) is 20.4. The Balaban J connectivity index is 1.65. The Morgan fingerprint density at radius 3 is 2.50 bits per heavy atom. The summed E-state index contributed by atoms with van der Waals surface area (Å²) < 4.78 is 5.58. The van der Waals surface area contributed by atoms with Crippen molar-refractivity contribution in [1.82, 2.24) is 10.2 Å². The van der Waals surface area contributed by atoms with Crippen molar-refractivity contribution in [1.29, 1.82) is 0 Å². The van der Waals surface area contributed by atoms with E-state index in [9.17, 15) is 9.59 Å². The molecule has 0 aromatic heterocycles. The summed E-state index contributed by atoms with van der Waals surface area (Å²) in [6.45, 7) is 9.92. The molecule has 2 aliphatic rings. The van der Waals surface area contributed by atoms with Gasteiger partial charge in [-0.3, -0.25) is 9.69 Å². The minimum Gasteiger partial charge on any atom is -0.444 e. The number of hydrogen-bond acceptors (Lipinski definition) is 3. The third kappa shape index (κ3) is 5.47. The van der Waals surface area contributed by atoms with Gasteiger partial charge in [-0.2, -0.15) is 0 Å². The largest absolute Gasteiger partial charge is 0.444 e. The maximum absolute atomic E-state index is 13.0. The highest BCUT2D eigenvalue weighted by atomic mass is 16.6. The Morgan fingerprint density at radius 2 is 1.82 bits per heavy atom. The highest BCUT2D eigenvalue weighted by molar-refractivity contribution is 5.86. The maximum atomic E-state index is 13.0. The van der Waals surface area contributed by atoms with Gasteiger partial charge in [0.05, 0.1) is 32.7 Å². The fourth-order valence-corrected chi connectivity index (χ4v) is 4.05. The lowest BCUT2D eigenvalue weighted by Crippen LogP contribution is -3.13. The molecule has 1 fully saturated rings. The van der Waals surface area contributed by atoms with Crippen LogP contribution in [0.2, 0.25) is 0 Å². The van der Waals surface area contributed by atoms with Crippen molar-refractivity contribution in [2.45, 2.75) is 64.6 Å². The fraction of sp³-hybridized carbons (Fsp3) is 0.636. The summed E-state index contributed by atoms with van der Waals surface area (Å²) in [5, 5.41) is 3.07. The Labute approximate surface area is 168 Å². The van der Waals surface area contributed by atoms with Gasteiger partial charge in [-0.25, -0.2) is 4.79 Å². The second kappa shape index (κ2) is 8.95. The molecule has 0 bridgehead atoms. The van der Waals surface area contributed by atoms with Gasteiger partial charge in [-0.1, -0.05) is 24.3 Å². The highest BCUT2D eigenvalue weighted by Gasteiger charge is 2.36. The van der Waals surface area contributed by atoms with E-state index in [1.807, 2.05) is 45.0 Å². The number of rotatable bonds is 4. The van der Waals surface area contributed by atoms with Crippen LogP contribution in [0.4, 0.5) is 4.79 Å². The number of quaternary nitrogens is 1. The third-order valence-electron chi connectivity index (χ3n) is 5.52. The number of benzene rings is 1. The third-order valence-corrected chi connectivity index (χ3v) is 5.52. The van der Waals surface area contributed by atoms with Crippen LogP contribution >= 0.6 is 0 Å². The summed E-state index contributed by atoms with van der Waals surface area (Å²) in [4.78, 5) is 28.9. The minimum absolute atomic E-state index is 0.0863. The predicted molar refractivity (Wildman–Crippen MR) is 108 cm³/mol.